The maximum atomic E-state index is 5.98. The molecule has 1 aliphatic carbocycles. The second-order valence-corrected chi connectivity index (χ2v) is 5.63. The smallest absolute Gasteiger partial charge is 0.0409 e. The molecular formula is C15H22ClN. The van der Waals surface area contributed by atoms with Gasteiger partial charge in [-0.1, -0.05) is 43.0 Å². The first-order chi connectivity index (χ1) is 8.25. The Morgan fingerprint density at radius 1 is 1.29 bits per heavy atom. The minimum Gasteiger partial charge on any atom is -0.310 e. The van der Waals surface area contributed by atoms with Gasteiger partial charge in [-0.3, -0.25) is 0 Å². The Hall–Kier alpha value is -0.530. The Morgan fingerprint density at radius 3 is 2.76 bits per heavy atom. The summed E-state index contributed by atoms with van der Waals surface area (Å²) in [6, 6.07) is 8.74. The van der Waals surface area contributed by atoms with Crippen LogP contribution in [0, 0.1) is 5.92 Å². The van der Waals surface area contributed by atoms with Gasteiger partial charge >= 0.3 is 0 Å². The van der Waals surface area contributed by atoms with Crippen molar-refractivity contribution in [1.29, 1.82) is 0 Å². The zero-order valence-corrected chi connectivity index (χ0v) is 11.3. The molecule has 0 aliphatic heterocycles. The van der Waals surface area contributed by atoms with Crippen LogP contribution in [0.25, 0.3) is 0 Å². The van der Waals surface area contributed by atoms with E-state index in [0.717, 1.165) is 17.5 Å². The Balaban J connectivity index is 1.80. The fourth-order valence-corrected chi connectivity index (χ4v) is 2.94. The molecule has 1 aliphatic rings. The normalized spacial score (nSPS) is 19.2. The zero-order chi connectivity index (χ0) is 12.1. The van der Waals surface area contributed by atoms with Crippen LogP contribution in [0.5, 0.6) is 0 Å². The summed E-state index contributed by atoms with van der Waals surface area (Å²) >= 11 is 5.98. The first-order valence-electron chi connectivity index (χ1n) is 6.73. The predicted molar refractivity (Wildman–Crippen MR) is 74.3 cm³/mol. The van der Waals surface area contributed by atoms with Crippen LogP contribution in [0.15, 0.2) is 24.3 Å². The summed E-state index contributed by atoms with van der Waals surface area (Å²) in [5.74, 6) is 0.864. The maximum absolute atomic E-state index is 5.98. The summed E-state index contributed by atoms with van der Waals surface area (Å²) in [6.45, 7) is 3.25. The van der Waals surface area contributed by atoms with Crippen molar-refractivity contribution < 1.29 is 0 Å². The van der Waals surface area contributed by atoms with E-state index in [1.54, 1.807) is 0 Å². The van der Waals surface area contributed by atoms with E-state index in [-0.39, 0.29) is 0 Å². The SMILES string of the molecule is C[C@H](NCc1cccc(Cl)c1)C1CCCCC1. The molecule has 2 rings (SSSR count). The molecule has 0 spiro atoms. The largest absolute Gasteiger partial charge is 0.310 e. The first kappa shape index (κ1) is 12.9. The summed E-state index contributed by atoms with van der Waals surface area (Å²) in [5.41, 5.74) is 1.28. The Bertz CT molecular complexity index is 345. The highest BCUT2D eigenvalue weighted by atomic mass is 35.5. The lowest BCUT2D eigenvalue weighted by atomic mass is 9.84. The van der Waals surface area contributed by atoms with Crippen LogP contribution in [-0.2, 0) is 6.54 Å². The van der Waals surface area contributed by atoms with E-state index in [4.69, 9.17) is 11.6 Å². The minimum atomic E-state index is 0.620. The van der Waals surface area contributed by atoms with Gasteiger partial charge in [-0.2, -0.15) is 0 Å². The topological polar surface area (TPSA) is 12.0 Å². The van der Waals surface area contributed by atoms with Crippen molar-refractivity contribution in [3.05, 3.63) is 34.9 Å². The van der Waals surface area contributed by atoms with Gasteiger partial charge < -0.3 is 5.32 Å². The number of rotatable bonds is 4. The number of nitrogens with one attached hydrogen (secondary N) is 1. The average Bonchev–Trinajstić information content (AvgIpc) is 2.37. The van der Waals surface area contributed by atoms with Gasteiger partial charge in [-0.15, -0.1) is 0 Å². The van der Waals surface area contributed by atoms with E-state index < -0.39 is 0 Å². The van der Waals surface area contributed by atoms with E-state index in [0.29, 0.717) is 6.04 Å². The van der Waals surface area contributed by atoms with Gasteiger partial charge in [0.1, 0.15) is 0 Å². The van der Waals surface area contributed by atoms with Gasteiger partial charge in [0.15, 0.2) is 0 Å². The van der Waals surface area contributed by atoms with E-state index >= 15 is 0 Å². The molecule has 1 saturated carbocycles. The van der Waals surface area contributed by atoms with Crippen molar-refractivity contribution in [1.82, 2.24) is 5.32 Å². The lowest BCUT2D eigenvalue weighted by Gasteiger charge is -2.28. The molecule has 1 fully saturated rings. The highest BCUT2D eigenvalue weighted by molar-refractivity contribution is 6.30. The Labute approximate surface area is 110 Å². The van der Waals surface area contributed by atoms with Crippen LogP contribution in [0.3, 0.4) is 0 Å². The van der Waals surface area contributed by atoms with Gasteiger partial charge in [0, 0.05) is 17.6 Å². The predicted octanol–water partition coefficient (Wildman–Crippen LogP) is 4.40. The molecule has 0 radical (unpaired) electrons. The second kappa shape index (κ2) is 6.42. The lowest BCUT2D eigenvalue weighted by Crippen LogP contribution is -2.34. The van der Waals surface area contributed by atoms with Crippen molar-refractivity contribution in [2.75, 3.05) is 0 Å². The third-order valence-electron chi connectivity index (χ3n) is 3.87. The molecule has 0 aromatic heterocycles. The van der Waals surface area contributed by atoms with Crippen molar-refractivity contribution in [2.24, 2.45) is 5.92 Å². The zero-order valence-electron chi connectivity index (χ0n) is 10.6. The van der Waals surface area contributed by atoms with Gasteiger partial charge in [-0.05, 0) is 43.4 Å². The number of hydrogen-bond donors (Lipinski definition) is 1. The van der Waals surface area contributed by atoms with Gasteiger partial charge in [0.2, 0.25) is 0 Å². The fraction of sp³-hybridized carbons (Fsp3) is 0.600. The number of benzene rings is 1. The van der Waals surface area contributed by atoms with Crippen molar-refractivity contribution in [3.8, 4) is 0 Å². The van der Waals surface area contributed by atoms with Crippen molar-refractivity contribution in [2.45, 2.75) is 51.6 Å². The summed E-state index contributed by atoms with van der Waals surface area (Å²) in [5, 5.41) is 4.47. The average molecular weight is 252 g/mol. The summed E-state index contributed by atoms with van der Waals surface area (Å²) < 4.78 is 0. The number of halogens is 1. The molecule has 1 atom stereocenters. The molecule has 1 N–H and O–H groups in total. The summed E-state index contributed by atoms with van der Waals surface area (Å²) in [7, 11) is 0. The monoisotopic (exact) mass is 251 g/mol. The minimum absolute atomic E-state index is 0.620. The molecule has 2 heteroatoms. The standard InChI is InChI=1S/C15H22ClN/c1-12(14-7-3-2-4-8-14)17-11-13-6-5-9-15(16)10-13/h5-6,9-10,12,14,17H,2-4,7-8,11H2,1H3/t12-/m0/s1. The van der Waals surface area contributed by atoms with Crippen LogP contribution in [-0.4, -0.2) is 6.04 Å². The van der Waals surface area contributed by atoms with Crippen LogP contribution >= 0.6 is 11.6 Å². The number of hydrogen-bond acceptors (Lipinski definition) is 1. The first-order valence-corrected chi connectivity index (χ1v) is 7.11. The fourth-order valence-electron chi connectivity index (χ4n) is 2.73. The van der Waals surface area contributed by atoms with E-state index in [1.165, 1.54) is 37.7 Å². The lowest BCUT2D eigenvalue weighted by molar-refractivity contribution is 0.280. The van der Waals surface area contributed by atoms with E-state index in [9.17, 15) is 0 Å². The van der Waals surface area contributed by atoms with Crippen LogP contribution < -0.4 is 5.32 Å². The van der Waals surface area contributed by atoms with Gasteiger partial charge in [0.25, 0.3) is 0 Å². The summed E-state index contributed by atoms with van der Waals surface area (Å²) in [4.78, 5) is 0. The van der Waals surface area contributed by atoms with Crippen molar-refractivity contribution >= 4 is 11.6 Å². The van der Waals surface area contributed by atoms with Crippen LogP contribution in [0.2, 0.25) is 5.02 Å². The maximum Gasteiger partial charge on any atom is 0.0409 e. The van der Waals surface area contributed by atoms with Gasteiger partial charge in [0.05, 0.1) is 0 Å². The molecule has 1 aromatic carbocycles. The highest BCUT2D eigenvalue weighted by Gasteiger charge is 2.19. The third kappa shape index (κ3) is 4.01. The molecule has 17 heavy (non-hydrogen) atoms. The quantitative estimate of drug-likeness (QED) is 0.837. The molecule has 1 aromatic rings. The molecule has 94 valence electrons. The van der Waals surface area contributed by atoms with E-state index in [1.807, 2.05) is 18.2 Å². The van der Waals surface area contributed by atoms with Crippen LogP contribution in [0.1, 0.15) is 44.6 Å². The highest BCUT2D eigenvalue weighted by Crippen LogP contribution is 2.26. The molecule has 1 nitrogen and oxygen atoms in total. The van der Waals surface area contributed by atoms with Crippen molar-refractivity contribution in [3.63, 3.8) is 0 Å². The Morgan fingerprint density at radius 2 is 2.06 bits per heavy atom. The molecule has 0 heterocycles. The second-order valence-electron chi connectivity index (χ2n) is 5.20. The Kier molecular flexibility index (Phi) is 4.87. The molecule has 0 bridgehead atoms. The molecular weight excluding hydrogens is 230 g/mol. The van der Waals surface area contributed by atoms with E-state index in [2.05, 4.69) is 18.3 Å². The molecule has 0 saturated heterocycles. The van der Waals surface area contributed by atoms with Crippen LogP contribution in [0.4, 0.5) is 0 Å². The summed E-state index contributed by atoms with van der Waals surface area (Å²) in [6.07, 6.45) is 7.03. The molecule has 0 amide bonds. The third-order valence-corrected chi connectivity index (χ3v) is 4.11. The molecule has 0 unspecified atom stereocenters. The van der Waals surface area contributed by atoms with Gasteiger partial charge in [-0.25, -0.2) is 0 Å².